The monoisotopic (exact) mass is 188 g/mol. The number of aliphatic hydroxyl groups is 1. The highest BCUT2D eigenvalue weighted by Crippen LogP contribution is 2.28. The second-order valence-corrected chi connectivity index (χ2v) is 2.78. The van der Waals surface area contributed by atoms with Crippen molar-refractivity contribution in [3.63, 3.8) is 0 Å². The predicted molar refractivity (Wildman–Crippen MR) is 58.0 cm³/mol. The third-order valence-electron chi connectivity index (χ3n) is 1.79. The molecule has 0 saturated heterocycles. The van der Waals surface area contributed by atoms with Crippen LogP contribution in [0.25, 0.3) is 5.57 Å². The number of para-hydroxylation sites is 1. The van der Waals surface area contributed by atoms with Crippen LogP contribution >= 0.6 is 0 Å². The van der Waals surface area contributed by atoms with Gasteiger partial charge in [-0.1, -0.05) is 43.5 Å². The minimum Gasteiger partial charge on any atom is -0.508 e. The topological polar surface area (TPSA) is 40.5 Å². The van der Waals surface area contributed by atoms with Crippen LogP contribution in [0.2, 0.25) is 0 Å². The van der Waals surface area contributed by atoms with Gasteiger partial charge in [0.1, 0.15) is 11.5 Å². The molecule has 0 atom stereocenters. The molecule has 2 nitrogen and oxygen atoms in total. The minimum atomic E-state index is -0.0913. The zero-order chi connectivity index (χ0) is 10.6. The van der Waals surface area contributed by atoms with E-state index < -0.39 is 0 Å². The second kappa shape index (κ2) is 4.33. The Morgan fingerprint density at radius 2 is 1.93 bits per heavy atom. The van der Waals surface area contributed by atoms with Crippen LogP contribution in [0.15, 0.2) is 55.3 Å². The van der Waals surface area contributed by atoms with Crippen molar-refractivity contribution in [2.75, 3.05) is 0 Å². The van der Waals surface area contributed by atoms with Crippen molar-refractivity contribution >= 4 is 5.57 Å². The van der Waals surface area contributed by atoms with Gasteiger partial charge in [-0.3, -0.25) is 0 Å². The van der Waals surface area contributed by atoms with Crippen LogP contribution in [0, 0.1) is 0 Å². The van der Waals surface area contributed by atoms with E-state index in [2.05, 4.69) is 13.2 Å². The van der Waals surface area contributed by atoms with Crippen LogP contribution in [0.3, 0.4) is 0 Å². The van der Waals surface area contributed by atoms with Crippen molar-refractivity contribution in [2.24, 2.45) is 0 Å². The van der Waals surface area contributed by atoms with Crippen LogP contribution in [-0.2, 0) is 0 Å². The molecule has 0 aromatic heterocycles. The standard InChI is InChI=1S/C12H12O2/c1-3-6-10(9(2)13)11-7-4-5-8-12(11)14/h3-8,13-14H,1-2H2/b10-6+. The van der Waals surface area contributed by atoms with Gasteiger partial charge in [-0.05, 0) is 6.07 Å². The van der Waals surface area contributed by atoms with Crippen molar-refractivity contribution < 1.29 is 10.2 Å². The summed E-state index contributed by atoms with van der Waals surface area (Å²) in [4.78, 5) is 0. The van der Waals surface area contributed by atoms with Gasteiger partial charge in [0, 0.05) is 11.1 Å². The van der Waals surface area contributed by atoms with Crippen molar-refractivity contribution in [3.05, 3.63) is 60.9 Å². The first-order chi connectivity index (χ1) is 6.66. The van der Waals surface area contributed by atoms with E-state index in [1.807, 2.05) is 0 Å². The highest BCUT2D eigenvalue weighted by molar-refractivity contribution is 5.80. The van der Waals surface area contributed by atoms with Gasteiger partial charge in [-0.2, -0.15) is 0 Å². The molecular formula is C12H12O2. The number of aliphatic hydroxyl groups excluding tert-OH is 1. The van der Waals surface area contributed by atoms with E-state index in [4.69, 9.17) is 0 Å². The number of hydrogen-bond acceptors (Lipinski definition) is 2. The summed E-state index contributed by atoms with van der Waals surface area (Å²) in [6.07, 6.45) is 3.13. The molecule has 0 bridgehead atoms. The summed E-state index contributed by atoms with van der Waals surface area (Å²) in [7, 11) is 0. The Labute approximate surface area is 83.1 Å². The fourth-order valence-electron chi connectivity index (χ4n) is 1.16. The molecule has 0 amide bonds. The zero-order valence-corrected chi connectivity index (χ0v) is 7.77. The summed E-state index contributed by atoms with van der Waals surface area (Å²) in [6, 6.07) is 6.74. The van der Waals surface area contributed by atoms with Gasteiger partial charge in [0.25, 0.3) is 0 Å². The fraction of sp³-hybridized carbons (Fsp3) is 0. The molecule has 2 N–H and O–H groups in total. The number of phenols is 1. The summed E-state index contributed by atoms with van der Waals surface area (Å²) < 4.78 is 0. The maximum Gasteiger partial charge on any atom is 0.123 e. The van der Waals surface area contributed by atoms with E-state index in [0.29, 0.717) is 11.1 Å². The van der Waals surface area contributed by atoms with Gasteiger partial charge in [0.2, 0.25) is 0 Å². The van der Waals surface area contributed by atoms with Crippen LogP contribution < -0.4 is 0 Å². The third-order valence-corrected chi connectivity index (χ3v) is 1.79. The van der Waals surface area contributed by atoms with Crippen molar-refractivity contribution in [3.8, 4) is 5.75 Å². The van der Waals surface area contributed by atoms with Crippen LogP contribution in [0.5, 0.6) is 5.75 Å². The lowest BCUT2D eigenvalue weighted by molar-refractivity contribution is 0.437. The lowest BCUT2D eigenvalue weighted by Crippen LogP contribution is -1.87. The SMILES string of the molecule is C=C/C=C(\C(=C)O)c1ccccc1O. The number of benzene rings is 1. The molecule has 14 heavy (non-hydrogen) atoms. The summed E-state index contributed by atoms with van der Waals surface area (Å²) in [5.41, 5.74) is 1.01. The van der Waals surface area contributed by atoms with Gasteiger partial charge in [0.05, 0.1) is 0 Å². The van der Waals surface area contributed by atoms with E-state index in [0.717, 1.165) is 0 Å². The van der Waals surface area contributed by atoms with E-state index in [1.54, 1.807) is 30.3 Å². The minimum absolute atomic E-state index is 0.0913. The Morgan fingerprint density at radius 1 is 1.29 bits per heavy atom. The molecule has 1 aromatic carbocycles. The highest BCUT2D eigenvalue weighted by Gasteiger charge is 2.07. The molecule has 0 spiro atoms. The zero-order valence-electron chi connectivity index (χ0n) is 7.77. The first-order valence-electron chi connectivity index (χ1n) is 4.16. The molecule has 0 unspecified atom stereocenters. The molecule has 0 radical (unpaired) electrons. The lowest BCUT2D eigenvalue weighted by Gasteiger charge is -2.06. The maximum atomic E-state index is 9.53. The van der Waals surface area contributed by atoms with Crippen LogP contribution in [-0.4, -0.2) is 10.2 Å². The second-order valence-electron chi connectivity index (χ2n) is 2.78. The molecular weight excluding hydrogens is 176 g/mol. The number of hydrogen-bond donors (Lipinski definition) is 2. The number of aromatic hydroxyl groups is 1. The van der Waals surface area contributed by atoms with Crippen molar-refractivity contribution in [2.45, 2.75) is 0 Å². The molecule has 0 aliphatic carbocycles. The largest absolute Gasteiger partial charge is 0.508 e. The van der Waals surface area contributed by atoms with E-state index in [9.17, 15) is 10.2 Å². The lowest BCUT2D eigenvalue weighted by atomic mass is 10.0. The molecule has 0 aliphatic heterocycles. The van der Waals surface area contributed by atoms with Gasteiger partial charge < -0.3 is 10.2 Å². The molecule has 0 heterocycles. The Kier molecular flexibility index (Phi) is 3.13. The van der Waals surface area contributed by atoms with E-state index >= 15 is 0 Å². The molecule has 0 saturated carbocycles. The normalized spacial score (nSPS) is 11.0. The Hall–Kier alpha value is -1.96. The first kappa shape index (κ1) is 10.1. The molecule has 1 aromatic rings. The fourth-order valence-corrected chi connectivity index (χ4v) is 1.16. The summed E-state index contributed by atoms with van der Waals surface area (Å²) in [6.45, 7) is 6.95. The van der Waals surface area contributed by atoms with Crippen LogP contribution in [0.4, 0.5) is 0 Å². The first-order valence-corrected chi connectivity index (χ1v) is 4.16. The Morgan fingerprint density at radius 3 is 2.43 bits per heavy atom. The quantitative estimate of drug-likeness (QED) is 0.565. The smallest absolute Gasteiger partial charge is 0.123 e. The predicted octanol–water partition coefficient (Wildman–Crippen LogP) is 3.03. The highest BCUT2D eigenvalue weighted by atomic mass is 16.3. The number of rotatable bonds is 3. The van der Waals surface area contributed by atoms with Crippen LogP contribution in [0.1, 0.15) is 5.56 Å². The van der Waals surface area contributed by atoms with Crippen molar-refractivity contribution in [1.29, 1.82) is 0 Å². The average molecular weight is 188 g/mol. The summed E-state index contributed by atoms with van der Waals surface area (Å²) >= 11 is 0. The van der Waals surface area contributed by atoms with E-state index in [1.165, 1.54) is 6.08 Å². The van der Waals surface area contributed by atoms with E-state index in [-0.39, 0.29) is 11.5 Å². The molecule has 1 rings (SSSR count). The number of phenolic OH excluding ortho intramolecular Hbond substituents is 1. The molecule has 0 aliphatic rings. The van der Waals surface area contributed by atoms with Gasteiger partial charge in [-0.15, -0.1) is 0 Å². The molecule has 72 valence electrons. The van der Waals surface area contributed by atoms with Gasteiger partial charge in [-0.25, -0.2) is 0 Å². The summed E-state index contributed by atoms with van der Waals surface area (Å²) in [5.74, 6) is 0.0159. The van der Waals surface area contributed by atoms with Crippen molar-refractivity contribution in [1.82, 2.24) is 0 Å². The van der Waals surface area contributed by atoms with Gasteiger partial charge in [0.15, 0.2) is 0 Å². The maximum absolute atomic E-state index is 9.53. The average Bonchev–Trinajstić information content (AvgIpc) is 2.15. The molecule has 2 heteroatoms. The Balaban J connectivity index is 3.26. The Bertz CT molecular complexity index is 389. The number of allylic oxidation sites excluding steroid dienone is 3. The third kappa shape index (κ3) is 2.04. The van der Waals surface area contributed by atoms with Gasteiger partial charge >= 0.3 is 0 Å². The molecule has 0 fully saturated rings. The summed E-state index contributed by atoms with van der Waals surface area (Å²) in [5, 5.41) is 18.8.